The molecule has 0 atom stereocenters. The normalized spacial score (nSPS) is 17.5. The molecule has 30 heavy (non-hydrogen) atoms. The van der Waals surface area contributed by atoms with Crippen molar-refractivity contribution in [3.05, 3.63) is 80.9 Å². The largest absolute Gasteiger partial charge is 0.322 e. The van der Waals surface area contributed by atoms with E-state index in [1.165, 1.54) is 28.5 Å². The highest BCUT2D eigenvalue weighted by Crippen LogP contribution is 2.30. The first-order valence-corrected chi connectivity index (χ1v) is 10.8. The van der Waals surface area contributed by atoms with E-state index in [1.54, 1.807) is 12.1 Å². The maximum atomic E-state index is 13.2. The average Bonchev–Trinajstić information content (AvgIpc) is 2.75. The summed E-state index contributed by atoms with van der Waals surface area (Å²) in [6.45, 7) is 2.99. The number of nitrogens with one attached hydrogen (secondary N) is 1. The lowest BCUT2D eigenvalue weighted by Crippen LogP contribution is -2.32. The molecule has 1 aliphatic heterocycles. The molecule has 0 radical (unpaired) electrons. The van der Waals surface area contributed by atoms with Crippen LogP contribution < -0.4 is 5.56 Å². The molecule has 2 aromatic carbocycles. The molecular weight excluding hydrogens is 399 g/mol. The van der Waals surface area contributed by atoms with Crippen LogP contribution in [0.25, 0.3) is 10.9 Å². The van der Waals surface area contributed by atoms with Gasteiger partial charge in [0.05, 0.1) is 0 Å². The molecule has 1 saturated heterocycles. The fraction of sp³-hybridized carbons (Fsp3) is 0.400. The second-order valence-corrected chi connectivity index (χ2v) is 8.60. The molecule has 158 valence electrons. The zero-order valence-corrected chi connectivity index (χ0v) is 17.9. The maximum absolute atomic E-state index is 13.2. The van der Waals surface area contributed by atoms with Gasteiger partial charge in [-0.3, -0.25) is 9.69 Å². The molecule has 3 aromatic rings. The molecule has 0 amide bonds. The SMILES string of the molecule is Cl.O=c1[nH]c2cc(CN3CCC(c4ccc(F)cc4)CC3)ccc2c2c1CCCC2. The number of benzene rings is 2. The third kappa shape index (κ3) is 4.17. The van der Waals surface area contributed by atoms with Crippen LogP contribution in [0.5, 0.6) is 0 Å². The van der Waals surface area contributed by atoms with Crippen molar-refractivity contribution in [1.82, 2.24) is 9.88 Å². The monoisotopic (exact) mass is 426 g/mol. The third-order valence-electron chi connectivity index (χ3n) is 6.73. The van der Waals surface area contributed by atoms with Crippen LogP contribution in [0, 0.1) is 5.82 Å². The van der Waals surface area contributed by atoms with Crippen LogP contribution in [0.15, 0.2) is 47.3 Å². The van der Waals surface area contributed by atoms with Gasteiger partial charge in [-0.25, -0.2) is 4.39 Å². The summed E-state index contributed by atoms with van der Waals surface area (Å²) < 4.78 is 13.2. The molecular formula is C25H28ClFN2O. The van der Waals surface area contributed by atoms with Gasteiger partial charge in [0, 0.05) is 23.0 Å². The van der Waals surface area contributed by atoms with Crippen molar-refractivity contribution in [3.63, 3.8) is 0 Å². The molecule has 5 rings (SSSR count). The van der Waals surface area contributed by atoms with Gasteiger partial charge in [-0.2, -0.15) is 0 Å². The number of aromatic nitrogens is 1. The van der Waals surface area contributed by atoms with Crippen LogP contribution in [0.4, 0.5) is 4.39 Å². The smallest absolute Gasteiger partial charge is 0.251 e. The van der Waals surface area contributed by atoms with E-state index in [0.717, 1.165) is 62.8 Å². The van der Waals surface area contributed by atoms with E-state index in [0.29, 0.717) is 5.92 Å². The predicted octanol–water partition coefficient (Wildman–Crippen LogP) is 5.35. The van der Waals surface area contributed by atoms with Crippen LogP contribution in [0.1, 0.15) is 53.9 Å². The molecule has 1 aromatic heterocycles. The lowest BCUT2D eigenvalue weighted by molar-refractivity contribution is 0.204. The lowest BCUT2D eigenvalue weighted by atomic mass is 9.89. The zero-order chi connectivity index (χ0) is 19.8. The van der Waals surface area contributed by atoms with Crippen molar-refractivity contribution in [2.24, 2.45) is 0 Å². The molecule has 0 unspecified atom stereocenters. The number of piperidine rings is 1. The highest BCUT2D eigenvalue weighted by Gasteiger charge is 2.21. The van der Waals surface area contributed by atoms with Gasteiger partial charge in [0.2, 0.25) is 0 Å². The molecule has 1 N–H and O–H groups in total. The summed E-state index contributed by atoms with van der Waals surface area (Å²) in [4.78, 5) is 18.1. The van der Waals surface area contributed by atoms with Crippen LogP contribution >= 0.6 is 12.4 Å². The number of fused-ring (bicyclic) bond motifs is 3. The van der Waals surface area contributed by atoms with Crippen molar-refractivity contribution in [2.45, 2.75) is 51.0 Å². The quantitative estimate of drug-likeness (QED) is 0.613. The second-order valence-electron chi connectivity index (χ2n) is 8.60. The lowest BCUT2D eigenvalue weighted by Gasteiger charge is -2.32. The Hall–Kier alpha value is -2.17. The molecule has 1 fully saturated rings. The van der Waals surface area contributed by atoms with Gasteiger partial charge in [0.25, 0.3) is 5.56 Å². The first kappa shape index (κ1) is 21.1. The molecule has 3 nitrogen and oxygen atoms in total. The molecule has 2 aliphatic rings. The molecule has 0 saturated carbocycles. The van der Waals surface area contributed by atoms with Gasteiger partial charge < -0.3 is 4.98 Å². The Kier molecular flexibility index (Phi) is 6.26. The number of pyridine rings is 1. The van der Waals surface area contributed by atoms with E-state index >= 15 is 0 Å². The highest BCUT2D eigenvalue weighted by atomic mass is 35.5. The summed E-state index contributed by atoms with van der Waals surface area (Å²) in [5.74, 6) is 0.355. The van der Waals surface area contributed by atoms with Gasteiger partial charge in [-0.05, 0) is 92.4 Å². The van der Waals surface area contributed by atoms with Crippen LogP contribution in [-0.2, 0) is 19.4 Å². The minimum Gasteiger partial charge on any atom is -0.322 e. The minimum absolute atomic E-state index is 0. The predicted molar refractivity (Wildman–Crippen MR) is 122 cm³/mol. The van der Waals surface area contributed by atoms with Crippen molar-refractivity contribution < 1.29 is 4.39 Å². The van der Waals surface area contributed by atoms with Crippen LogP contribution in [-0.4, -0.2) is 23.0 Å². The summed E-state index contributed by atoms with van der Waals surface area (Å²) in [5.41, 5.74) is 5.85. The summed E-state index contributed by atoms with van der Waals surface area (Å²) in [7, 11) is 0. The van der Waals surface area contributed by atoms with E-state index in [9.17, 15) is 9.18 Å². The summed E-state index contributed by atoms with van der Waals surface area (Å²) in [6, 6.07) is 13.6. The van der Waals surface area contributed by atoms with Crippen molar-refractivity contribution in [3.8, 4) is 0 Å². The molecule has 0 bridgehead atoms. The Morgan fingerprint density at radius 3 is 2.40 bits per heavy atom. The molecule has 5 heteroatoms. The number of hydrogen-bond donors (Lipinski definition) is 1. The first-order valence-electron chi connectivity index (χ1n) is 10.8. The van der Waals surface area contributed by atoms with E-state index in [2.05, 4.69) is 28.1 Å². The van der Waals surface area contributed by atoms with E-state index < -0.39 is 0 Å². The number of hydrogen-bond acceptors (Lipinski definition) is 2. The number of likely N-dealkylation sites (tertiary alicyclic amines) is 1. The molecule has 0 spiro atoms. The van der Waals surface area contributed by atoms with Crippen molar-refractivity contribution >= 4 is 23.3 Å². The highest BCUT2D eigenvalue weighted by molar-refractivity contribution is 5.85. The van der Waals surface area contributed by atoms with E-state index in [1.807, 2.05) is 12.1 Å². The number of nitrogens with zero attached hydrogens (tertiary/aromatic N) is 1. The summed E-state index contributed by atoms with van der Waals surface area (Å²) in [6.07, 6.45) is 6.42. The second kappa shape index (κ2) is 8.91. The Morgan fingerprint density at radius 1 is 0.967 bits per heavy atom. The standard InChI is InChI=1S/C25H27FN2O.ClH/c26-20-8-6-18(7-9-20)19-11-13-28(14-12-19)16-17-5-10-22-21-3-1-2-4-23(21)25(29)27-24(22)15-17;/h5-10,15,19H,1-4,11-14,16H2,(H,27,29);1H. The Bertz CT molecular complexity index is 1080. The summed E-state index contributed by atoms with van der Waals surface area (Å²) >= 11 is 0. The van der Waals surface area contributed by atoms with E-state index in [-0.39, 0.29) is 23.8 Å². The Balaban J connectivity index is 0.00000218. The van der Waals surface area contributed by atoms with Crippen LogP contribution in [0.3, 0.4) is 0 Å². The number of rotatable bonds is 3. The first-order chi connectivity index (χ1) is 14.2. The van der Waals surface area contributed by atoms with Crippen molar-refractivity contribution in [2.75, 3.05) is 13.1 Å². The van der Waals surface area contributed by atoms with Gasteiger partial charge in [0.15, 0.2) is 0 Å². The van der Waals surface area contributed by atoms with Crippen LogP contribution in [0.2, 0.25) is 0 Å². The van der Waals surface area contributed by atoms with Gasteiger partial charge in [-0.1, -0.05) is 24.3 Å². The van der Waals surface area contributed by atoms with Gasteiger partial charge >= 0.3 is 0 Å². The number of halogens is 2. The van der Waals surface area contributed by atoms with Gasteiger partial charge in [0.1, 0.15) is 5.82 Å². The van der Waals surface area contributed by atoms with Crippen molar-refractivity contribution in [1.29, 1.82) is 0 Å². The van der Waals surface area contributed by atoms with Gasteiger partial charge in [-0.15, -0.1) is 12.4 Å². The topological polar surface area (TPSA) is 36.1 Å². The Labute approximate surface area is 182 Å². The number of H-pyrrole nitrogens is 1. The molecule has 2 heterocycles. The Morgan fingerprint density at radius 2 is 1.67 bits per heavy atom. The summed E-state index contributed by atoms with van der Waals surface area (Å²) in [5, 5.41) is 1.22. The maximum Gasteiger partial charge on any atom is 0.251 e. The number of aryl methyl sites for hydroxylation is 1. The fourth-order valence-corrected chi connectivity index (χ4v) is 5.12. The molecule has 1 aliphatic carbocycles. The minimum atomic E-state index is -0.165. The number of aromatic amines is 1. The fourth-order valence-electron chi connectivity index (χ4n) is 5.12. The third-order valence-corrected chi connectivity index (χ3v) is 6.73. The van der Waals surface area contributed by atoms with E-state index in [4.69, 9.17) is 0 Å². The average molecular weight is 427 g/mol. The zero-order valence-electron chi connectivity index (χ0n) is 17.1.